The Bertz CT molecular complexity index is 1270. The maximum Gasteiger partial charge on any atom is 0.305 e. The summed E-state index contributed by atoms with van der Waals surface area (Å²) in [5.41, 5.74) is -0.0719. The topological polar surface area (TPSA) is 137 Å². The second-order valence-corrected chi connectivity index (χ2v) is 8.53. The molecule has 0 saturated carbocycles. The van der Waals surface area contributed by atoms with E-state index < -0.39 is 28.8 Å². The lowest BCUT2D eigenvalue weighted by atomic mass is 10.0. The third-order valence-corrected chi connectivity index (χ3v) is 5.84. The number of aromatic nitrogens is 1. The second-order valence-electron chi connectivity index (χ2n) is 7.71. The average molecular weight is 505 g/mol. The third kappa shape index (κ3) is 5.55. The summed E-state index contributed by atoms with van der Waals surface area (Å²) in [7, 11) is 0. The predicted molar refractivity (Wildman–Crippen MR) is 132 cm³/mol. The van der Waals surface area contributed by atoms with Crippen LogP contribution in [0.2, 0.25) is 10.0 Å². The summed E-state index contributed by atoms with van der Waals surface area (Å²) in [5.74, 6) is -1.62. The van der Waals surface area contributed by atoms with Crippen LogP contribution < -0.4 is 26.8 Å². The Morgan fingerprint density at radius 3 is 2.09 bits per heavy atom. The maximum atomic E-state index is 12.5. The van der Waals surface area contributed by atoms with Gasteiger partial charge in [0.2, 0.25) is 0 Å². The number of hydrogen-bond donors (Lipinski definition) is 4. The highest BCUT2D eigenvalue weighted by molar-refractivity contribution is 6.40. The van der Waals surface area contributed by atoms with Gasteiger partial charge in [-0.25, -0.2) is 0 Å². The molecule has 0 unspecified atom stereocenters. The van der Waals surface area contributed by atoms with Crippen molar-refractivity contribution in [3.8, 4) is 0 Å². The van der Waals surface area contributed by atoms with Crippen molar-refractivity contribution in [1.29, 1.82) is 0 Å². The van der Waals surface area contributed by atoms with Crippen LogP contribution in [0.25, 0.3) is 0 Å². The van der Waals surface area contributed by atoms with Gasteiger partial charge in [0.1, 0.15) is 11.4 Å². The van der Waals surface area contributed by atoms with Crippen LogP contribution in [0.5, 0.6) is 0 Å². The van der Waals surface area contributed by atoms with Crippen LogP contribution in [0, 0.1) is 0 Å². The van der Waals surface area contributed by atoms with Crippen molar-refractivity contribution in [3.63, 3.8) is 0 Å². The van der Waals surface area contributed by atoms with Gasteiger partial charge >= 0.3 is 5.97 Å². The van der Waals surface area contributed by atoms with Gasteiger partial charge in [-0.3, -0.25) is 24.2 Å². The molecule has 1 heterocycles. The lowest BCUT2D eigenvalue weighted by molar-refractivity contribution is -0.137. The molecule has 0 saturated heterocycles. The van der Waals surface area contributed by atoms with Crippen molar-refractivity contribution < 1.29 is 14.7 Å². The summed E-state index contributed by atoms with van der Waals surface area (Å²) in [6, 6.07) is 5.55. The maximum absolute atomic E-state index is 12.5. The van der Waals surface area contributed by atoms with Crippen LogP contribution in [0.15, 0.2) is 46.2 Å². The Morgan fingerprint density at radius 2 is 1.56 bits per heavy atom. The van der Waals surface area contributed by atoms with Crippen molar-refractivity contribution in [1.82, 2.24) is 4.98 Å². The largest absolute Gasteiger partial charge is 0.481 e. The van der Waals surface area contributed by atoms with E-state index in [0.29, 0.717) is 11.3 Å². The quantitative estimate of drug-likeness (QED) is 0.303. The molecule has 11 heteroatoms. The van der Waals surface area contributed by atoms with Crippen LogP contribution in [0.1, 0.15) is 48.7 Å². The number of pyridine rings is 1. The van der Waals surface area contributed by atoms with Crippen LogP contribution in [0.3, 0.4) is 0 Å². The van der Waals surface area contributed by atoms with Crippen molar-refractivity contribution in [2.45, 2.75) is 38.8 Å². The molecule has 0 aliphatic carbocycles. The number of aliphatic carboxylic acids is 1. The highest BCUT2D eigenvalue weighted by Crippen LogP contribution is 2.28. The number of amides is 1. The first-order valence-corrected chi connectivity index (χ1v) is 11.2. The van der Waals surface area contributed by atoms with E-state index in [0.717, 1.165) is 6.42 Å². The van der Waals surface area contributed by atoms with Gasteiger partial charge in [0, 0.05) is 24.1 Å². The number of anilines is 3. The van der Waals surface area contributed by atoms with Gasteiger partial charge in [-0.05, 0) is 31.0 Å². The zero-order chi connectivity index (χ0) is 25.0. The van der Waals surface area contributed by atoms with Crippen molar-refractivity contribution in [2.24, 2.45) is 0 Å². The van der Waals surface area contributed by atoms with Gasteiger partial charge in [-0.15, -0.1) is 0 Å². The predicted octanol–water partition coefficient (Wildman–Crippen LogP) is 4.08. The van der Waals surface area contributed by atoms with Crippen LogP contribution in [0.4, 0.5) is 17.1 Å². The van der Waals surface area contributed by atoms with Gasteiger partial charge in [0.25, 0.3) is 16.8 Å². The van der Waals surface area contributed by atoms with E-state index in [-0.39, 0.29) is 39.4 Å². The Morgan fingerprint density at radius 1 is 1.00 bits per heavy atom. The fraction of sp³-hybridized carbons (Fsp3) is 0.261. The summed E-state index contributed by atoms with van der Waals surface area (Å²) < 4.78 is 0. The van der Waals surface area contributed by atoms with Gasteiger partial charge in [0.05, 0.1) is 28.1 Å². The Kier molecular flexibility index (Phi) is 7.90. The fourth-order valence-electron chi connectivity index (χ4n) is 3.24. The van der Waals surface area contributed by atoms with Crippen LogP contribution >= 0.6 is 23.2 Å². The van der Waals surface area contributed by atoms with Crippen LogP contribution in [-0.4, -0.2) is 28.0 Å². The average Bonchev–Trinajstić information content (AvgIpc) is 2.80. The second kappa shape index (κ2) is 10.7. The minimum Gasteiger partial charge on any atom is -0.481 e. The summed E-state index contributed by atoms with van der Waals surface area (Å²) in [5, 5.41) is 18.1. The number of carbonyl (C=O) groups is 2. The summed E-state index contributed by atoms with van der Waals surface area (Å²) in [4.78, 5) is 51.9. The van der Waals surface area contributed by atoms with E-state index >= 15 is 0 Å². The first-order chi connectivity index (χ1) is 16.1. The molecule has 2 atom stereocenters. The molecule has 0 spiro atoms. The molecule has 1 amide bonds. The van der Waals surface area contributed by atoms with Gasteiger partial charge < -0.3 is 21.1 Å². The fourth-order valence-corrected chi connectivity index (χ4v) is 3.77. The summed E-state index contributed by atoms with van der Waals surface area (Å²) in [6.45, 7) is 3.80. The smallest absolute Gasteiger partial charge is 0.305 e. The molecule has 0 fully saturated rings. The van der Waals surface area contributed by atoms with Crippen molar-refractivity contribution in [3.05, 3.63) is 78.3 Å². The Labute approximate surface area is 204 Å². The lowest BCUT2D eigenvalue weighted by Crippen LogP contribution is -2.39. The standard InChI is InChI=1S/C23H22Cl2N4O5/c1-3-11(2)27-19-20(22(33)21(19)32)29-16(8-17(30)31)12-4-6-13(7-5-12)28-23(34)18-14(24)9-26-10-15(18)25/h4-7,9-11,16,27,29H,3,8H2,1-2H3,(H,28,34)(H,30,31)/t11-,16-/m0/s1. The minimum atomic E-state index is -1.09. The number of nitrogens with one attached hydrogen (secondary N) is 3. The van der Waals surface area contributed by atoms with Gasteiger partial charge in [-0.2, -0.15) is 0 Å². The van der Waals surface area contributed by atoms with Crippen LogP contribution in [-0.2, 0) is 4.79 Å². The van der Waals surface area contributed by atoms with E-state index in [9.17, 15) is 24.3 Å². The number of carbonyl (C=O) groups excluding carboxylic acids is 1. The number of hydrogen-bond acceptors (Lipinski definition) is 7. The number of carboxylic acid groups (broad SMARTS) is 1. The number of benzene rings is 1. The van der Waals surface area contributed by atoms with E-state index in [1.54, 1.807) is 24.3 Å². The molecule has 3 aromatic rings. The first kappa shape index (κ1) is 25.2. The van der Waals surface area contributed by atoms with E-state index in [2.05, 4.69) is 20.9 Å². The normalized spacial score (nSPS) is 12.7. The SMILES string of the molecule is CC[C@H](C)Nc1c(N[C@@H](CC(=O)O)c2ccc(NC(=O)c3c(Cl)cncc3Cl)cc2)c(=O)c1=O. The van der Waals surface area contributed by atoms with Gasteiger partial charge in [0.15, 0.2) is 0 Å². The molecule has 1 aromatic heterocycles. The number of carboxylic acids is 1. The molecule has 0 bridgehead atoms. The molecule has 178 valence electrons. The molecule has 0 radical (unpaired) electrons. The number of halogens is 2. The third-order valence-electron chi connectivity index (χ3n) is 5.26. The van der Waals surface area contributed by atoms with E-state index in [4.69, 9.17) is 23.2 Å². The van der Waals surface area contributed by atoms with Crippen molar-refractivity contribution in [2.75, 3.05) is 16.0 Å². The summed E-state index contributed by atoms with van der Waals surface area (Å²) in [6.07, 6.45) is 3.01. The zero-order valence-corrected chi connectivity index (χ0v) is 19.8. The number of rotatable bonds is 10. The molecule has 9 nitrogen and oxygen atoms in total. The molecule has 0 aliphatic rings. The number of nitrogens with zero attached hydrogens (tertiary/aromatic N) is 1. The Balaban J connectivity index is 1.80. The highest BCUT2D eigenvalue weighted by Gasteiger charge is 2.26. The summed E-state index contributed by atoms with van der Waals surface area (Å²) >= 11 is 12.0. The Hall–Kier alpha value is -3.43. The zero-order valence-electron chi connectivity index (χ0n) is 18.3. The van der Waals surface area contributed by atoms with Crippen molar-refractivity contribution >= 4 is 52.1 Å². The molecule has 4 N–H and O–H groups in total. The highest BCUT2D eigenvalue weighted by atomic mass is 35.5. The molecule has 34 heavy (non-hydrogen) atoms. The minimum absolute atomic E-state index is 0.0351. The molecular formula is C23H22Cl2N4O5. The lowest BCUT2D eigenvalue weighted by Gasteiger charge is -2.23. The molecule has 2 aromatic carbocycles. The van der Waals surface area contributed by atoms with E-state index in [1.165, 1.54) is 12.4 Å². The molecule has 0 aliphatic heterocycles. The van der Waals surface area contributed by atoms with Gasteiger partial charge in [-0.1, -0.05) is 42.3 Å². The first-order valence-electron chi connectivity index (χ1n) is 10.4. The molecule has 3 rings (SSSR count). The molecular weight excluding hydrogens is 483 g/mol. The monoisotopic (exact) mass is 504 g/mol. The van der Waals surface area contributed by atoms with E-state index in [1.807, 2.05) is 13.8 Å².